The molecule has 3 nitrogen and oxygen atoms in total. The number of hydrogen-bond acceptors (Lipinski definition) is 2. The van der Waals surface area contributed by atoms with Crippen molar-refractivity contribution in [2.45, 2.75) is 45.7 Å². The van der Waals surface area contributed by atoms with Crippen LogP contribution in [0, 0.1) is 0 Å². The molecule has 0 fully saturated rings. The Morgan fingerprint density at radius 3 is 2.43 bits per heavy atom. The molecule has 1 aromatic rings. The maximum absolute atomic E-state index is 12.7. The Labute approximate surface area is 121 Å². The Kier molecular flexibility index (Phi) is 5.93. The monoisotopic (exact) mass is 301 g/mol. The van der Waals surface area contributed by atoms with Gasteiger partial charge in [-0.1, -0.05) is 32.8 Å². The third kappa shape index (κ3) is 4.88. The first kappa shape index (κ1) is 17.2. The molecule has 0 aliphatic rings. The highest BCUT2D eigenvalue weighted by atomic mass is 19.4. The van der Waals surface area contributed by atoms with Crippen molar-refractivity contribution >= 4 is 11.5 Å². The number of aryl methyl sites for hydroxylation is 1. The van der Waals surface area contributed by atoms with Crippen molar-refractivity contribution in [3.63, 3.8) is 0 Å². The summed E-state index contributed by atoms with van der Waals surface area (Å²) < 4.78 is 38.2. The molecule has 0 aliphatic heterocycles. The molecule has 0 atom stereocenters. The Morgan fingerprint density at radius 1 is 1.29 bits per heavy atom. The fraction of sp³-hybridized carbons (Fsp3) is 0.467. The molecular formula is C15H18F3NO2. The van der Waals surface area contributed by atoms with Gasteiger partial charge in [-0.2, -0.15) is 13.2 Å². The normalized spacial score (nSPS) is 12.5. The summed E-state index contributed by atoms with van der Waals surface area (Å²) in [4.78, 5) is 14.6. The second kappa shape index (κ2) is 7.24. The van der Waals surface area contributed by atoms with Crippen molar-refractivity contribution in [1.29, 1.82) is 0 Å². The molecule has 0 bridgehead atoms. The van der Waals surface area contributed by atoms with Gasteiger partial charge in [0.05, 0.1) is 0 Å². The molecule has 21 heavy (non-hydrogen) atoms. The predicted molar refractivity (Wildman–Crippen MR) is 73.8 cm³/mol. The number of carboxylic acid groups (broad SMARTS) is 1. The Bertz CT molecular complexity index is 536. The number of aromatic nitrogens is 1. The Morgan fingerprint density at radius 2 is 1.95 bits per heavy atom. The maximum atomic E-state index is 12.7. The van der Waals surface area contributed by atoms with Crippen LogP contribution >= 0.6 is 0 Å². The SMILES string of the molecule is CCCC(=CC(=O)O)c1ccc(C(F)(F)F)nc1CCC. The Hall–Kier alpha value is -1.85. The van der Waals surface area contributed by atoms with Crippen LogP contribution in [0.25, 0.3) is 5.57 Å². The lowest BCUT2D eigenvalue weighted by atomic mass is 9.97. The number of aliphatic carboxylic acids is 1. The van der Waals surface area contributed by atoms with Crippen LogP contribution in [-0.2, 0) is 17.4 Å². The standard InChI is InChI=1S/C15H18F3NO2/c1-3-5-10(9-14(20)21)11-7-8-13(15(16,17)18)19-12(11)6-4-2/h7-9H,3-6H2,1-2H3,(H,20,21). The first-order valence-electron chi connectivity index (χ1n) is 6.80. The number of pyridine rings is 1. The van der Waals surface area contributed by atoms with Crippen LogP contribution in [0.3, 0.4) is 0 Å². The molecule has 0 aliphatic carbocycles. The average Bonchev–Trinajstić information content (AvgIpc) is 2.37. The third-order valence-corrected chi connectivity index (χ3v) is 2.91. The number of carbonyl (C=O) groups is 1. The number of halogens is 3. The minimum Gasteiger partial charge on any atom is -0.478 e. The third-order valence-electron chi connectivity index (χ3n) is 2.91. The summed E-state index contributed by atoms with van der Waals surface area (Å²) in [6.07, 6.45) is -1.26. The van der Waals surface area contributed by atoms with Crippen molar-refractivity contribution in [1.82, 2.24) is 4.98 Å². The lowest BCUT2D eigenvalue weighted by Gasteiger charge is -2.14. The number of allylic oxidation sites excluding steroid dienone is 1. The van der Waals surface area contributed by atoms with Gasteiger partial charge >= 0.3 is 12.1 Å². The lowest BCUT2D eigenvalue weighted by molar-refractivity contribution is -0.141. The molecule has 1 N–H and O–H groups in total. The van der Waals surface area contributed by atoms with Crippen LogP contribution in [0.15, 0.2) is 18.2 Å². The highest BCUT2D eigenvalue weighted by Gasteiger charge is 2.33. The molecular weight excluding hydrogens is 283 g/mol. The van der Waals surface area contributed by atoms with Gasteiger partial charge in [-0.05, 0) is 30.0 Å². The summed E-state index contributed by atoms with van der Waals surface area (Å²) in [6.45, 7) is 3.72. The number of rotatable bonds is 6. The number of hydrogen-bond donors (Lipinski definition) is 1. The minimum absolute atomic E-state index is 0.299. The molecule has 1 aromatic heterocycles. The molecule has 1 rings (SSSR count). The zero-order valence-electron chi connectivity index (χ0n) is 12.0. The van der Waals surface area contributed by atoms with Gasteiger partial charge in [0, 0.05) is 11.8 Å². The first-order chi connectivity index (χ1) is 9.79. The molecule has 0 amide bonds. The molecule has 0 aromatic carbocycles. The molecule has 116 valence electrons. The summed E-state index contributed by atoms with van der Waals surface area (Å²) in [7, 11) is 0. The molecule has 1 heterocycles. The van der Waals surface area contributed by atoms with E-state index in [1.807, 2.05) is 13.8 Å². The van der Waals surface area contributed by atoms with E-state index in [1.54, 1.807) is 0 Å². The quantitative estimate of drug-likeness (QED) is 0.796. The van der Waals surface area contributed by atoms with Gasteiger partial charge in [0.15, 0.2) is 0 Å². The van der Waals surface area contributed by atoms with Gasteiger partial charge < -0.3 is 5.11 Å². The van der Waals surface area contributed by atoms with Crippen LogP contribution in [0.1, 0.15) is 50.1 Å². The van der Waals surface area contributed by atoms with Crippen molar-refractivity contribution in [3.8, 4) is 0 Å². The summed E-state index contributed by atoms with van der Waals surface area (Å²) in [5, 5.41) is 8.90. The van der Waals surface area contributed by atoms with Crippen molar-refractivity contribution in [3.05, 3.63) is 35.2 Å². The highest BCUT2D eigenvalue weighted by molar-refractivity contribution is 5.90. The average molecular weight is 301 g/mol. The molecule has 0 unspecified atom stereocenters. The Balaban J connectivity index is 3.36. The van der Waals surface area contributed by atoms with Gasteiger partial charge in [-0.15, -0.1) is 0 Å². The van der Waals surface area contributed by atoms with Crippen molar-refractivity contribution in [2.24, 2.45) is 0 Å². The van der Waals surface area contributed by atoms with Crippen LogP contribution < -0.4 is 0 Å². The minimum atomic E-state index is -4.50. The zero-order valence-corrected chi connectivity index (χ0v) is 12.0. The summed E-state index contributed by atoms with van der Waals surface area (Å²) in [5.41, 5.74) is 0.359. The van der Waals surface area contributed by atoms with E-state index in [2.05, 4.69) is 4.98 Å². The molecule has 6 heteroatoms. The molecule has 0 saturated heterocycles. The maximum Gasteiger partial charge on any atom is 0.433 e. The van der Waals surface area contributed by atoms with E-state index in [4.69, 9.17) is 5.11 Å². The summed E-state index contributed by atoms with van der Waals surface area (Å²) in [5.74, 6) is -1.11. The van der Waals surface area contributed by atoms with Gasteiger partial charge in [-0.3, -0.25) is 0 Å². The van der Waals surface area contributed by atoms with Crippen LogP contribution in [0.4, 0.5) is 13.2 Å². The van der Waals surface area contributed by atoms with E-state index < -0.39 is 17.8 Å². The van der Waals surface area contributed by atoms with Gasteiger partial charge in [0.2, 0.25) is 0 Å². The van der Waals surface area contributed by atoms with Gasteiger partial charge in [-0.25, -0.2) is 9.78 Å². The summed E-state index contributed by atoms with van der Waals surface area (Å²) >= 11 is 0. The van der Waals surface area contributed by atoms with Crippen LogP contribution in [0.2, 0.25) is 0 Å². The van der Waals surface area contributed by atoms with Crippen molar-refractivity contribution in [2.75, 3.05) is 0 Å². The van der Waals surface area contributed by atoms with Gasteiger partial charge in [0.1, 0.15) is 5.69 Å². The van der Waals surface area contributed by atoms with Crippen molar-refractivity contribution < 1.29 is 23.1 Å². The second-order valence-corrected chi connectivity index (χ2v) is 4.70. The topological polar surface area (TPSA) is 50.2 Å². The van der Waals surface area contributed by atoms with E-state index in [0.29, 0.717) is 42.5 Å². The lowest BCUT2D eigenvalue weighted by Crippen LogP contribution is -2.11. The van der Waals surface area contributed by atoms with E-state index in [9.17, 15) is 18.0 Å². The van der Waals surface area contributed by atoms with E-state index in [0.717, 1.165) is 12.1 Å². The van der Waals surface area contributed by atoms with Gasteiger partial charge in [0.25, 0.3) is 0 Å². The first-order valence-corrected chi connectivity index (χ1v) is 6.80. The number of alkyl halides is 3. The van der Waals surface area contributed by atoms with E-state index in [1.165, 1.54) is 6.07 Å². The molecule has 0 saturated carbocycles. The van der Waals surface area contributed by atoms with Crippen LogP contribution in [-0.4, -0.2) is 16.1 Å². The number of carboxylic acids is 1. The molecule has 0 radical (unpaired) electrons. The number of nitrogens with zero attached hydrogens (tertiary/aromatic N) is 1. The second-order valence-electron chi connectivity index (χ2n) is 4.70. The zero-order chi connectivity index (χ0) is 16.0. The smallest absolute Gasteiger partial charge is 0.433 e. The van der Waals surface area contributed by atoms with E-state index >= 15 is 0 Å². The predicted octanol–water partition coefficient (Wildman–Crippen LogP) is 4.32. The summed E-state index contributed by atoms with van der Waals surface area (Å²) in [6, 6.07) is 2.23. The van der Waals surface area contributed by atoms with E-state index in [-0.39, 0.29) is 0 Å². The fourth-order valence-corrected chi connectivity index (χ4v) is 2.08. The largest absolute Gasteiger partial charge is 0.478 e. The molecule has 0 spiro atoms. The highest BCUT2D eigenvalue weighted by Crippen LogP contribution is 2.31. The van der Waals surface area contributed by atoms with Crippen LogP contribution in [0.5, 0.6) is 0 Å². The fourth-order valence-electron chi connectivity index (χ4n) is 2.08.